The van der Waals surface area contributed by atoms with Crippen LogP contribution in [0.5, 0.6) is 0 Å². The Morgan fingerprint density at radius 2 is 1.74 bits per heavy atom. The van der Waals surface area contributed by atoms with Crippen molar-refractivity contribution >= 4 is 28.0 Å². The standard InChI is InChI=1S/C24H25N3O4/c1-3-16(2)25-20(28)15-27-21-18-11-7-8-12-19(18)31-22(21)23(29)26(24(27)30)14-13-17-9-5-4-6-10-17/h4-12,16H,3,13-15H2,1-2H3,(H,25,28). The number of para-hydroxylation sites is 1. The molecule has 0 saturated heterocycles. The Morgan fingerprint density at radius 3 is 2.48 bits per heavy atom. The molecular formula is C24H25N3O4. The van der Waals surface area contributed by atoms with Crippen LogP contribution in [0.15, 0.2) is 68.6 Å². The minimum Gasteiger partial charge on any atom is -0.449 e. The summed E-state index contributed by atoms with van der Waals surface area (Å²) < 4.78 is 8.34. The van der Waals surface area contributed by atoms with E-state index in [-0.39, 0.29) is 30.6 Å². The lowest BCUT2D eigenvalue weighted by molar-refractivity contribution is -0.122. The summed E-state index contributed by atoms with van der Waals surface area (Å²) in [6.07, 6.45) is 1.29. The van der Waals surface area contributed by atoms with Crippen LogP contribution >= 0.6 is 0 Å². The van der Waals surface area contributed by atoms with Gasteiger partial charge in [-0.3, -0.25) is 18.7 Å². The molecule has 4 rings (SSSR count). The van der Waals surface area contributed by atoms with Crippen LogP contribution in [0, 0.1) is 0 Å². The first kappa shape index (κ1) is 20.7. The Hall–Kier alpha value is -3.61. The lowest BCUT2D eigenvalue weighted by Crippen LogP contribution is -2.43. The summed E-state index contributed by atoms with van der Waals surface area (Å²) in [6.45, 7) is 3.89. The molecule has 0 fully saturated rings. The van der Waals surface area contributed by atoms with Gasteiger partial charge in [-0.05, 0) is 37.5 Å². The fraction of sp³-hybridized carbons (Fsp3) is 0.292. The molecule has 0 spiro atoms. The number of aryl methyl sites for hydroxylation is 1. The summed E-state index contributed by atoms with van der Waals surface area (Å²) in [5.74, 6) is -0.281. The summed E-state index contributed by atoms with van der Waals surface area (Å²) in [5, 5.41) is 3.52. The zero-order chi connectivity index (χ0) is 22.0. The summed E-state index contributed by atoms with van der Waals surface area (Å²) in [4.78, 5) is 39.1. The quantitative estimate of drug-likeness (QED) is 0.499. The Morgan fingerprint density at radius 1 is 1.03 bits per heavy atom. The monoisotopic (exact) mass is 419 g/mol. The van der Waals surface area contributed by atoms with Gasteiger partial charge in [0, 0.05) is 18.0 Å². The zero-order valence-corrected chi connectivity index (χ0v) is 17.6. The molecule has 2 heterocycles. The van der Waals surface area contributed by atoms with Gasteiger partial charge in [0.1, 0.15) is 17.6 Å². The van der Waals surface area contributed by atoms with Gasteiger partial charge in [-0.2, -0.15) is 0 Å². The smallest absolute Gasteiger partial charge is 0.332 e. The first-order chi connectivity index (χ1) is 15.0. The number of nitrogens with zero attached hydrogens (tertiary/aromatic N) is 2. The van der Waals surface area contributed by atoms with E-state index in [0.29, 0.717) is 22.9 Å². The third-order valence-electron chi connectivity index (χ3n) is 5.53. The average molecular weight is 419 g/mol. The van der Waals surface area contributed by atoms with E-state index in [1.54, 1.807) is 18.2 Å². The highest BCUT2D eigenvalue weighted by molar-refractivity contribution is 6.02. The summed E-state index contributed by atoms with van der Waals surface area (Å²) in [7, 11) is 0. The van der Waals surface area contributed by atoms with Gasteiger partial charge in [0.05, 0.1) is 0 Å². The number of carbonyl (C=O) groups excluding carboxylic acids is 1. The minimum absolute atomic E-state index is 0.0104. The fourth-order valence-electron chi connectivity index (χ4n) is 3.69. The van der Waals surface area contributed by atoms with Crippen molar-refractivity contribution in [1.29, 1.82) is 0 Å². The lowest BCUT2D eigenvalue weighted by Gasteiger charge is -2.14. The van der Waals surface area contributed by atoms with Gasteiger partial charge < -0.3 is 9.73 Å². The average Bonchev–Trinajstić information content (AvgIpc) is 3.17. The van der Waals surface area contributed by atoms with Crippen LogP contribution in [-0.2, 0) is 24.3 Å². The highest BCUT2D eigenvalue weighted by Crippen LogP contribution is 2.25. The van der Waals surface area contributed by atoms with Crippen molar-refractivity contribution in [3.8, 4) is 0 Å². The van der Waals surface area contributed by atoms with Crippen LogP contribution in [0.1, 0.15) is 25.8 Å². The van der Waals surface area contributed by atoms with Gasteiger partial charge in [0.15, 0.2) is 0 Å². The molecule has 31 heavy (non-hydrogen) atoms. The molecule has 0 bridgehead atoms. The molecule has 0 radical (unpaired) electrons. The number of benzene rings is 2. The maximum absolute atomic E-state index is 13.4. The van der Waals surface area contributed by atoms with Gasteiger partial charge in [-0.1, -0.05) is 49.4 Å². The Kier molecular flexibility index (Phi) is 5.75. The third kappa shape index (κ3) is 4.03. The topological polar surface area (TPSA) is 86.2 Å². The van der Waals surface area contributed by atoms with Crippen LogP contribution in [0.3, 0.4) is 0 Å². The van der Waals surface area contributed by atoms with Crippen molar-refractivity contribution in [3.63, 3.8) is 0 Å². The second kappa shape index (κ2) is 8.63. The molecule has 1 atom stereocenters. The zero-order valence-electron chi connectivity index (χ0n) is 17.6. The second-order valence-electron chi connectivity index (χ2n) is 7.71. The van der Waals surface area contributed by atoms with Crippen molar-refractivity contribution in [3.05, 3.63) is 81.0 Å². The third-order valence-corrected chi connectivity index (χ3v) is 5.53. The van der Waals surface area contributed by atoms with E-state index in [2.05, 4.69) is 5.32 Å². The molecule has 0 aliphatic rings. The van der Waals surface area contributed by atoms with Crippen molar-refractivity contribution in [2.24, 2.45) is 0 Å². The van der Waals surface area contributed by atoms with Crippen LogP contribution < -0.4 is 16.6 Å². The number of rotatable bonds is 7. The van der Waals surface area contributed by atoms with E-state index in [9.17, 15) is 14.4 Å². The second-order valence-corrected chi connectivity index (χ2v) is 7.71. The molecule has 7 heteroatoms. The molecule has 2 aromatic heterocycles. The van der Waals surface area contributed by atoms with E-state index in [0.717, 1.165) is 16.6 Å². The van der Waals surface area contributed by atoms with Gasteiger partial charge in [-0.15, -0.1) is 0 Å². The van der Waals surface area contributed by atoms with E-state index in [4.69, 9.17) is 4.42 Å². The highest BCUT2D eigenvalue weighted by atomic mass is 16.3. The number of fused-ring (bicyclic) bond motifs is 3. The molecule has 0 aliphatic heterocycles. The van der Waals surface area contributed by atoms with E-state index in [1.165, 1.54) is 4.57 Å². The van der Waals surface area contributed by atoms with Gasteiger partial charge in [0.2, 0.25) is 11.5 Å². The SMILES string of the molecule is CCC(C)NC(=O)Cn1c(=O)n(CCc2ccccc2)c(=O)c2oc3ccccc3c21. The molecule has 160 valence electrons. The molecule has 1 N–H and O–H groups in total. The predicted octanol–water partition coefficient (Wildman–Crippen LogP) is 3.07. The molecule has 0 saturated carbocycles. The summed E-state index contributed by atoms with van der Waals surface area (Å²) in [6, 6.07) is 16.8. The van der Waals surface area contributed by atoms with Crippen LogP contribution in [-0.4, -0.2) is 21.1 Å². The Labute approximate surface area is 178 Å². The largest absolute Gasteiger partial charge is 0.449 e. The summed E-state index contributed by atoms with van der Waals surface area (Å²) >= 11 is 0. The van der Waals surface area contributed by atoms with Crippen LogP contribution in [0.4, 0.5) is 0 Å². The predicted molar refractivity (Wildman–Crippen MR) is 120 cm³/mol. The number of aromatic nitrogens is 2. The van der Waals surface area contributed by atoms with Crippen LogP contribution in [0.2, 0.25) is 0 Å². The molecular weight excluding hydrogens is 394 g/mol. The summed E-state index contributed by atoms with van der Waals surface area (Å²) in [5.41, 5.74) is 0.974. The normalized spacial score (nSPS) is 12.3. The van der Waals surface area contributed by atoms with Crippen molar-refractivity contribution < 1.29 is 9.21 Å². The first-order valence-corrected chi connectivity index (χ1v) is 10.5. The number of carbonyl (C=O) groups is 1. The molecule has 1 unspecified atom stereocenters. The fourth-order valence-corrected chi connectivity index (χ4v) is 3.69. The van der Waals surface area contributed by atoms with Gasteiger partial charge in [-0.25, -0.2) is 4.79 Å². The maximum Gasteiger partial charge on any atom is 0.332 e. The molecule has 2 aromatic carbocycles. The number of nitrogens with one attached hydrogen (secondary N) is 1. The first-order valence-electron chi connectivity index (χ1n) is 10.5. The van der Waals surface area contributed by atoms with Crippen molar-refractivity contribution in [2.75, 3.05) is 0 Å². The molecule has 1 amide bonds. The Bertz CT molecular complexity index is 1350. The number of hydrogen-bond donors (Lipinski definition) is 1. The molecule has 4 aromatic rings. The van der Waals surface area contributed by atoms with Crippen LogP contribution in [0.25, 0.3) is 22.1 Å². The van der Waals surface area contributed by atoms with Crippen molar-refractivity contribution in [1.82, 2.24) is 14.5 Å². The Balaban J connectivity index is 1.85. The van der Waals surface area contributed by atoms with Crippen molar-refractivity contribution in [2.45, 2.75) is 45.8 Å². The maximum atomic E-state index is 13.4. The van der Waals surface area contributed by atoms with E-state index >= 15 is 0 Å². The highest BCUT2D eigenvalue weighted by Gasteiger charge is 2.21. The van der Waals surface area contributed by atoms with E-state index in [1.807, 2.05) is 50.2 Å². The lowest BCUT2D eigenvalue weighted by atomic mass is 10.1. The number of furan rings is 1. The van der Waals surface area contributed by atoms with Gasteiger partial charge in [0.25, 0.3) is 5.56 Å². The van der Waals surface area contributed by atoms with E-state index < -0.39 is 11.2 Å². The minimum atomic E-state index is -0.515. The number of hydrogen-bond acceptors (Lipinski definition) is 4. The van der Waals surface area contributed by atoms with Gasteiger partial charge >= 0.3 is 5.69 Å². The molecule has 0 aliphatic carbocycles. The molecule has 7 nitrogen and oxygen atoms in total. The number of amides is 1.